The van der Waals surface area contributed by atoms with E-state index in [1.807, 2.05) is 36.4 Å². The van der Waals surface area contributed by atoms with Gasteiger partial charge in [-0.25, -0.2) is 0 Å². The Morgan fingerprint density at radius 1 is 0.774 bits per heavy atom. The minimum atomic E-state index is -0.163. The Bertz CT molecular complexity index is 1060. The molecule has 2 saturated carbocycles. The molecule has 2 aromatic rings. The van der Waals surface area contributed by atoms with E-state index in [1.54, 1.807) is 0 Å². The van der Waals surface area contributed by atoms with Crippen LogP contribution in [0.2, 0.25) is 0 Å². The number of ether oxygens (including phenoxy) is 1. The molecule has 4 nitrogen and oxygen atoms in total. The molecule has 2 aromatic carbocycles. The van der Waals surface area contributed by atoms with Gasteiger partial charge in [-0.05, 0) is 77.5 Å². The highest BCUT2D eigenvalue weighted by Crippen LogP contribution is 2.65. The summed E-state index contributed by atoms with van der Waals surface area (Å²) in [6, 6.07) is 15.4. The molecule has 1 saturated heterocycles. The highest BCUT2D eigenvalue weighted by molar-refractivity contribution is 6.22. The fourth-order valence-corrected chi connectivity index (χ4v) is 6.03. The van der Waals surface area contributed by atoms with Gasteiger partial charge in [-0.15, -0.1) is 0 Å². The summed E-state index contributed by atoms with van der Waals surface area (Å²) in [5, 5.41) is 0. The molecular weight excluding hydrogens is 386 g/mol. The minimum Gasteiger partial charge on any atom is -0.457 e. The lowest BCUT2D eigenvalue weighted by Crippen LogP contribution is -2.40. The number of amides is 2. The Morgan fingerprint density at radius 2 is 1.26 bits per heavy atom. The molecule has 7 rings (SSSR count). The van der Waals surface area contributed by atoms with Crippen molar-refractivity contribution in [3.63, 3.8) is 0 Å². The molecule has 31 heavy (non-hydrogen) atoms. The zero-order valence-electron chi connectivity index (χ0n) is 18.1. The summed E-state index contributed by atoms with van der Waals surface area (Å²) < 4.78 is 5.98. The summed E-state index contributed by atoms with van der Waals surface area (Å²) in [4.78, 5) is 27.9. The normalized spacial score (nSPS) is 32.8. The number of hydrogen-bond acceptors (Lipinski definition) is 3. The lowest BCUT2D eigenvalue weighted by molar-refractivity contribution is -0.124. The van der Waals surface area contributed by atoms with Gasteiger partial charge >= 0.3 is 0 Å². The number of carbonyl (C=O) groups excluding carboxylic acids is 2. The Kier molecular flexibility index (Phi) is 3.84. The molecule has 4 heteroatoms. The summed E-state index contributed by atoms with van der Waals surface area (Å²) in [6.07, 6.45) is 5.59. The van der Waals surface area contributed by atoms with Gasteiger partial charge in [0, 0.05) is 0 Å². The Balaban J connectivity index is 1.21. The van der Waals surface area contributed by atoms with Gasteiger partial charge in [0.15, 0.2) is 0 Å². The van der Waals surface area contributed by atoms with Crippen molar-refractivity contribution in [1.82, 2.24) is 0 Å². The molecule has 2 bridgehead atoms. The molecule has 0 radical (unpaired) electrons. The van der Waals surface area contributed by atoms with E-state index in [1.165, 1.54) is 16.9 Å². The molecule has 6 atom stereocenters. The summed E-state index contributed by atoms with van der Waals surface area (Å²) >= 11 is 0. The van der Waals surface area contributed by atoms with Gasteiger partial charge in [-0.1, -0.05) is 45.1 Å². The molecule has 0 spiro atoms. The third-order valence-corrected chi connectivity index (χ3v) is 7.71. The molecule has 4 aliphatic carbocycles. The monoisotopic (exact) mass is 413 g/mol. The fourth-order valence-electron chi connectivity index (χ4n) is 6.03. The van der Waals surface area contributed by atoms with E-state index in [-0.39, 0.29) is 40.9 Å². The van der Waals surface area contributed by atoms with Crippen LogP contribution < -0.4 is 9.64 Å². The van der Waals surface area contributed by atoms with Crippen LogP contribution in [0.1, 0.15) is 32.8 Å². The fraction of sp³-hybridized carbons (Fsp3) is 0.407. The van der Waals surface area contributed by atoms with Crippen LogP contribution in [0, 0.1) is 35.5 Å². The molecule has 2 amide bonds. The average Bonchev–Trinajstić information content (AvgIpc) is 3.52. The second kappa shape index (κ2) is 6.32. The number of carbonyl (C=O) groups is 2. The first-order valence-corrected chi connectivity index (χ1v) is 11.3. The zero-order chi connectivity index (χ0) is 21.5. The predicted octanol–water partition coefficient (Wildman–Crippen LogP) is 5.33. The maximum Gasteiger partial charge on any atom is 0.238 e. The lowest BCUT2D eigenvalue weighted by Gasteiger charge is -2.37. The molecule has 158 valence electrons. The summed E-state index contributed by atoms with van der Waals surface area (Å²) in [5.41, 5.74) is 2.00. The van der Waals surface area contributed by atoms with Gasteiger partial charge in [0.2, 0.25) is 11.8 Å². The van der Waals surface area contributed by atoms with Crippen molar-refractivity contribution in [2.75, 3.05) is 4.90 Å². The average molecular weight is 414 g/mol. The lowest BCUT2D eigenvalue weighted by atomic mass is 9.63. The smallest absolute Gasteiger partial charge is 0.238 e. The van der Waals surface area contributed by atoms with Gasteiger partial charge in [0.05, 0.1) is 17.5 Å². The van der Waals surface area contributed by atoms with Crippen molar-refractivity contribution in [3.8, 4) is 11.5 Å². The zero-order valence-corrected chi connectivity index (χ0v) is 18.1. The SMILES string of the molecule is CC(C)(C)c1ccc(Oc2ccc(N3C(=O)[C@@H]4[C@H]5C=C[C@H]([C@H]6C[C@H]56)[C@@H]4C3=O)cc2)cc1. The van der Waals surface area contributed by atoms with Gasteiger partial charge in [0.25, 0.3) is 0 Å². The van der Waals surface area contributed by atoms with E-state index in [2.05, 4.69) is 45.1 Å². The Hall–Kier alpha value is -2.88. The minimum absolute atomic E-state index is 0.0221. The first-order chi connectivity index (χ1) is 14.8. The number of hydrogen-bond donors (Lipinski definition) is 0. The molecule has 3 fully saturated rings. The van der Waals surface area contributed by atoms with Crippen molar-refractivity contribution < 1.29 is 14.3 Å². The van der Waals surface area contributed by atoms with Crippen LogP contribution in [0.25, 0.3) is 0 Å². The van der Waals surface area contributed by atoms with Gasteiger partial charge in [-0.2, -0.15) is 0 Å². The second-order valence-electron chi connectivity index (χ2n) is 10.5. The molecule has 0 unspecified atom stereocenters. The number of nitrogens with zero attached hydrogens (tertiary/aromatic N) is 1. The molecule has 1 aliphatic heterocycles. The summed E-state index contributed by atoms with van der Waals surface area (Å²) in [7, 11) is 0. The van der Waals surface area contributed by atoms with E-state index >= 15 is 0 Å². The van der Waals surface area contributed by atoms with Crippen LogP contribution in [0.3, 0.4) is 0 Å². The van der Waals surface area contributed by atoms with Crippen LogP contribution in [-0.4, -0.2) is 11.8 Å². The molecule has 0 aromatic heterocycles. The molecule has 1 heterocycles. The van der Waals surface area contributed by atoms with Crippen LogP contribution in [-0.2, 0) is 15.0 Å². The predicted molar refractivity (Wildman–Crippen MR) is 119 cm³/mol. The number of benzene rings is 2. The third-order valence-electron chi connectivity index (χ3n) is 7.71. The van der Waals surface area contributed by atoms with Crippen LogP contribution in [0.15, 0.2) is 60.7 Å². The van der Waals surface area contributed by atoms with Crippen molar-refractivity contribution in [1.29, 1.82) is 0 Å². The van der Waals surface area contributed by atoms with Gasteiger partial charge in [0.1, 0.15) is 11.5 Å². The topological polar surface area (TPSA) is 46.6 Å². The third kappa shape index (κ3) is 2.80. The molecule has 0 N–H and O–H groups in total. The highest BCUT2D eigenvalue weighted by atomic mass is 16.5. The van der Waals surface area contributed by atoms with Crippen molar-refractivity contribution in [2.24, 2.45) is 35.5 Å². The van der Waals surface area contributed by atoms with Crippen molar-refractivity contribution >= 4 is 17.5 Å². The maximum atomic E-state index is 13.2. The molecule has 5 aliphatic rings. The maximum absolute atomic E-state index is 13.2. The van der Waals surface area contributed by atoms with Crippen LogP contribution >= 0.6 is 0 Å². The highest BCUT2D eigenvalue weighted by Gasteiger charge is 2.67. The summed E-state index contributed by atoms with van der Waals surface area (Å²) in [5.74, 6) is 2.82. The Morgan fingerprint density at radius 3 is 1.74 bits per heavy atom. The van der Waals surface area contributed by atoms with Crippen molar-refractivity contribution in [3.05, 3.63) is 66.2 Å². The quantitative estimate of drug-likeness (QED) is 0.504. The van der Waals surface area contributed by atoms with Crippen molar-refractivity contribution in [2.45, 2.75) is 32.6 Å². The standard InChI is InChI=1S/C27H27NO3/c1-27(2,3)15-4-8-17(9-5-15)31-18-10-6-16(7-11-18)28-25(29)23-19-12-13-20(22-14-21(19)22)24(23)26(28)30/h4-13,19-24H,14H2,1-3H3/t19-,20+,21-,22-,23+,24-/m1/s1. The van der Waals surface area contributed by atoms with E-state index < -0.39 is 0 Å². The number of allylic oxidation sites excluding steroid dienone is 2. The summed E-state index contributed by atoms with van der Waals surface area (Å²) in [6.45, 7) is 6.55. The van der Waals surface area contributed by atoms with E-state index in [0.29, 0.717) is 23.3 Å². The van der Waals surface area contributed by atoms with E-state index in [0.717, 1.165) is 5.75 Å². The van der Waals surface area contributed by atoms with E-state index in [9.17, 15) is 9.59 Å². The number of rotatable bonds is 3. The number of imide groups is 1. The van der Waals surface area contributed by atoms with Crippen LogP contribution in [0.4, 0.5) is 5.69 Å². The second-order valence-corrected chi connectivity index (χ2v) is 10.5. The van der Waals surface area contributed by atoms with E-state index in [4.69, 9.17) is 4.74 Å². The largest absolute Gasteiger partial charge is 0.457 e. The van der Waals surface area contributed by atoms with Gasteiger partial charge in [-0.3, -0.25) is 14.5 Å². The van der Waals surface area contributed by atoms with Crippen LogP contribution in [0.5, 0.6) is 11.5 Å². The number of anilines is 1. The first-order valence-electron chi connectivity index (χ1n) is 11.3. The Labute approximate surface area is 182 Å². The first kappa shape index (κ1) is 18.9. The molecular formula is C27H27NO3. The van der Waals surface area contributed by atoms with Gasteiger partial charge < -0.3 is 4.74 Å².